The number of carbonyl (C=O) groups excluding carboxylic acids is 11. The number of unbranched alkanes of at least 4 members (excludes halogenated alkanes) is 1. The Bertz CT molecular complexity index is 1690. The normalized spacial score (nSPS) is 16.7. The summed E-state index contributed by atoms with van der Waals surface area (Å²) in [7, 11) is 4.26. The van der Waals surface area contributed by atoms with E-state index in [0.29, 0.717) is 12.8 Å². The van der Waals surface area contributed by atoms with Gasteiger partial charge in [-0.25, -0.2) is 9.59 Å². The third-order valence-electron chi connectivity index (χ3n) is 9.20. The van der Waals surface area contributed by atoms with Crippen LogP contribution in [0.4, 0.5) is 9.59 Å². The van der Waals surface area contributed by atoms with E-state index in [4.69, 9.17) is 9.47 Å². The number of amides is 11. The topological polar surface area (TPSA) is 322 Å². The van der Waals surface area contributed by atoms with Gasteiger partial charge in [0, 0.05) is 25.4 Å². The zero-order valence-corrected chi connectivity index (χ0v) is 40.2. The summed E-state index contributed by atoms with van der Waals surface area (Å²) >= 11 is 2.21. The Hall–Kier alpha value is -4.54. The van der Waals surface area contributed by atoms with Crippen LogP contribution in [0.3, 0.4) is 0 Å². The molecular weight excluding hydrogens is 930 g/mol. The maximum absolute atomic E-state index is 13.6. The van der Waals surface area contributed by atoms with Crippen LogP contribution in [0.1, 0.15) is 71.6 Å². The van der Waals surface area contributed by atoms with Crippen molar-refractivity contribution < 1.29 is 62.2 Å². The number of likely N-dealkylation sites (tertiary alicyclic amines) is 2. The second-order valence-electron chi connectivity index (χ2n) is 14.0. The average molecular weight is 988 g/mol. The fourth-order valence-corrected chi connectivity index (χ4v) is 7.94. The summed E-state index contributed by atoms with van der Waals surface area (Å²) < 4.78 is 17.2. The molecule has 65 heavy (non-hydrogen) atoms. The Labute approximate surface area is 390 Å². The van der Waals surface area contributed by atoms with Crippen LogP contribution in [0, 0.1) is 0 Å². The minimum atomic E-state index is -1.16. The Kier molecular flexibility index (Phi) is 28.0. The molecule has 358 valence electrons. The number of imide groups is 2. The second-order valence-corrected chi connectivity index (χ2v) is 16.7. The van der Waals surface area contributed by atoms with Gasteiger partial charge in [0.25, 0.3) is 0 Å². The average Bonchev–Trinajstić information content (AvgIpc) is 3.69. The molecule has 2 heterocycles. The molecule has 0 bridgehead atoms. The number of ether oxygens (including phenoxy) is 2. The van der Waals surface area contributed by atoms with Crippen molar-refractivity contribution in [3.63, 3.8) is 0 Å². The van der Waals surface area contributed by atoms with Gasteiger partial charge in [0.2, 0.25) is 5.91 Å². The third-order valence-corrected chi connectivity index (χ3v) is 11.8. The van der Waals surface area contributed by atoms with Gasteiger partial charge in [-0.2, -0.15) is 0 Å². The van der Waals surface area contributed by atoms with Gasteiger partial charge in [-0.15, -0.1) is 0 Å². The molecule has 24 nitrogen and oxygen atoms in total. The van der Waals surface area contributed by atoms with Crippen LogP contribution in [0.2, 0.25) is 0 Å². The van der Waals surface area contributed by atoms with E-state index in [2.05, 4.69) is 65.3 Å². The molecule has 0 spiro atoms. The first kappa shape index (κ1) is 56.6. The van der Waals surface area contributed by atoms with Gasteiger partial charge in [-0.05, 0) is 33.1 Å². The summed E-state index contributed by atoms with van der Waals surface area (Å²) in [6.45, 7) is 3.30. The molecule has 2 rings (SSSR count). The predicted octanol–water partition coefficient (Wildman–Crippen LogP) is -1.57. The van der Waals surface area contributed by atoms with Crippen LogP contribution in [-0.4, -0.2) is 169 Å². The molecule has 5 atom stereocenters. The minimum absolute atomic E-state index is 0.00112. The zero-order chi connectivity index (χ0) is 48.1. The molecule has 5 unspecified atom stereocenters. The molecule has 2 aliphatic heterocycles. The first-order chi connectivity index (χ1) is 31.1. The molecule has 2 saturated heterocycles. The summed E-state index contributed by atoms with van der Waals surface area (Å²) in [6.07, 6.45) is 1.13. The van der Waals surface area contributed by atoms with Crippen molar-refractivity contribution in [1.82, 2.24) is 47.0 Å². The van der Waals surface area contributed by atoms with Gasteiger partial charge in [-0.3, -0.25) is 14.4 Å². The van der Waals surface area contributed by atoms with Crippen molar-refractivity contribution >= 4 is 120 Å². The van der Waals surface area contributed by atoms with Gasteiger partial charge in [-0.1, -0.05) is 0 Å². The molecule has 0 radical (unpaired) electrons. The summed E-state index contributed by atoms with van der Waals surface area (Å²) in [5.74, 6) is -4.49. The van der Waals surface area contributed by atoms with Crippen molar-refractivity contribution in [3.8, 4) is 0 Å². The number of rotatable bonds is 30. The van der Waals surface area contributed by atoms with Gasteiger partial charge < -0.3 is 25.4 Å². The SMILES string of the molecule is CCOC(=O)NCCCCC(NC(=O)OCC)C(=O)NC(CC(=O)NCCNC(=O)CCN1C(=O)CC(S/B=N/P)C1=O)CC(=O)NCCNC(=O)CCN1C(=O)CC(S/B=N/P)C1=O. The van der Waals surface area contributed by atoms with Gasteiger partial charge in [0.15, 0.2) is 0 Å². The van der Waals surface area contributed by atoms with E-state index in [1.165, 1.54) is 12.7 Å². The third kappa shape index (κ3) is 22.5. The molecule has 30 heteroatoms. The number of nitrogens with one attached hydrogen (secondary N) is 7. The monoisotopic (exact) mass is 987 g/mol. The quantitative estimate of drug-likeness (QED) is 0.0185. The first-order valence-corrected chi connectivity index (χ1v) is 23.7. The molecule has 0 aromatic heterocycles. The summed E-state index contributed by atoms with van der Waals surface area (Å²) in [6, 6.07) is -2.26. The van der Waals surface area contributed by atoms with Crippen LogP contribution in [0.5, 0.6) is 0 Å². The van der Waals surface area contributed by atoms with Crippen molar-refractivity contribution in [2.45, 2.75) is 94.2 Å². The van der Waals surface area contributed by atoms with Gasteiger partial charge in [0.1, 0.15) is 6.04 Å². The molecule has 2 fully saturated rings. The van der Waals surface area contributed by atoms with Crippen LogP contribution in [-0.2, 0) is 52.6 Å². The Morgan fingerprint density at radius 2 is 1.09 bits per heavy atom. The molecule has 0 aromatic rings. The number of carbonyl (C=O) groups is 11. The van der Waals surface area contributed by atoms with Gasteiger partial charge in [0.05, 0.1) is 13.2 Å². The van der Waals surface area contributed by atoms with Crippen molar-refractivity contribution in [2.24, 2.45) is 9.33 Å². The molecule has 11 amide bonds. The number of hydrogen-bond donors (Lipinski definition) is 7. The number of nitrogens with zero attached hydrogens (tertiary/aromatic N) is 4. The molecular formula is C35H57B2N11O13P2S2. The maximum atomic E-state index is 13.6. The van der Waals surface area contributed by atoms with E-state index in [-0.39, 0.29) is 91.1 Å². The zero-order valence-electron chi connectivity index (χ0n) is 36.3. The van der Waals surface area contributed by atoms with E-state index in [1.807, 2.05) is 0 Å². The molecule has 0 aliphatic carbocycles. The Morgan fingerprint density at radius 3 is 1.54 bits per heavy atom. The van der Waals surface area contributed by atoms with Crippen molar-refractivity contribution in [3.05, 3.63) is 0 Å². The van der Waals surface area contributed by atoms with E-state index >= 15 is 0 Å². The Morgan fingerprint density at radius 1 is 0.646 bits per heavy atom. The van der Waals surface area contributed by atoms with Gasteiger partial charge >= 0.3 is 259 Å². The van der Waals surface area contributed by atoms with E-state index in [1.54, 1.807) is 13.8 Å². The standard InChI is InChI=1S/C35H57B2N11O13P2S2/c1-3-60-34(58)42-10-6-5-7-22(44-35(59)61-4-2)31(55)43-21(17-27(51)40-13-11-38-25(49)8-15-47-29(53)19-23(32(47)56)64-36-45-62)18-28(52)41-14-12-39-26(50)9-16-48-30(54)20-24(33(48)57)65-37-46-63/h21-24H,3-20,62-63H2,1-2H3,(H,38,49)(H,39,50)(H,40,51)(H,41,52)(H,42,58)(H,43,55)(H,44,59). The van der Waals surface area contributed by atoms with Crippen molar-refractivity contribution in [1.29, 1.82) is 0 Å². The summed E-state index contributed by atoms with van der Waals surface area (Å²) in [4.78, 5) is 140. The van der Waals surface area contributed by atoms with Crippen LogP contribution < -0.4 is 37.2 Å². The molecule has 0 saturated carbocycles. The first-order valence-electron chi connectivity index (χ1n) is 20.8. The molecule has 2 aliphatic rings. The van der Waals surface area contributed by atoms with E-state index in [9.17, 15) is 52.7 Å². The van der Waals surface area contributed by atoms with Crippen molar-refractivity contribution in [2.75, 3.05) is 59.0 Å². The van der Waals surface area contributed by atoms with Crippen LogP contribution >= 0.6 is 42.0 Å². The summed E-state index contributed by atoms with van der Waals surface area (Å²) in [5, 5.41) is 16.9. The second kappa shape index (κ2) is 32.2. The van der Waals surface area contributed by atoms with Crippen LogP contribution in [0.25, 0.3) is 0 Å². The predicted molar refractivity (Wildman–Crippen MR) is 246 cm³/mol. The van der Waals surface area contributed by atoms with E-state index < -0.39 is 101 Å². The summed E-state index contributed by atoms with van der Waals surface area (Å²) in [5.41, 5.74) is 0. The number of hydrogen-bond acceptors (Lipinski definition) is 17. The molecule has 7 N–H and O–H groups in total. The fraction of sp³-hybridized carbons (Fsp3) is 0.686. The number of alkyl carbamates (subject to hydrolysis) is 2. The molecule has 0 aromatic carbocycles. The van der Waals surface area contributed by atoms with Crippen LogP contribution in [0.15, 0.2) is 9.33 Å². The van der Waals surface area contributed by atoms with E-state index in [0.717, 1.165) is 33.0 Å². The fourth-order valence-electron chi connectivity index (χ4n) is 6.11. The Balaban J connectivity index is 1.96.